The monoisotopic (exact) mass is 249 g/mol. The van der Waals surface area contributed by atoms with Gasteiger partial charge in [-0.3, -0.25) is 0 Å². The number of hydrogen-bond acceptors (Lipinski definition) is 2. The van der Waals surface area contributed by atoms with E-state index in [1.807, 2.05) is 0 Å². The number of rotatable bonds is 2. The van der Waals surface area contributed by atoms with E-state index in [0.717, 1.165) is 4.47 Å². The minimum Gasteiger partial charge on any atom is -0.393 e. The summed E-state index contributed by atoms with van der Waals surface area (Å²) in [6.45, 7) is 2.07. The third kappa shape index (κ3) is 2.54. The summed E-state index contributed by atoms with van der Waals surface area (Å²) in [5, 5.41) is 0. The van der Waals surface area contributed by atoms with Crippen molar-refractivity contribution in [3.05, 3.63) is 20.3 Å². The summed E-state index contributed by atoms with van der Waals surface area (Å²) in [6.07, 6.45) is 0.715. The average Bonchev–Trinajstić information content (AvgIpc) is 2.10. The highest BCUT2D eigenvalue weighted by Gasteiger charge is 2.02. The molecule has 0 saturated heterocycles. The zero-order valence-electron chi connectivity index (χ0n) is 6.06. The molecule has 1 rings (SSSR count). The van der Waals surface area contributed by atoms with Gasteiger partial charge in [-0.05, 0) is 28.9 Å². The van der Waals surface area contributed by atoms with E-state index in [-0.39, 0.29) is 0 Å². The van der Waals surface area contributed by atoms with Crippen LogP contribution in [-0.4, -0.2) is 4.99 Å². The van der Waals surface area contributed by atoms with Crippen LogP contribution in [0.4, 0.5) is 0 Å². The van der Waals surface area contributed by atoms with Gasteiger partial charge in [-0.1, -0.05) is 12.2 Å². The summed E-state index contributed by atoms with van der Waals surface area (Å²) in [6, 6.07) is 2.07. The second-order valence-electron chi connectivity index (χ2n) is 2.26. The lowest BCUT2D eigenvalue weighted by Gasteiger charge is -1.90. The van der Waals surface area contributed by atoms with Crippen LogP contribution < -0.4 is 5.73 Å². The van der Waals surface area contributed by atoms with Crippen molar-refractivity contribution in [2.45, 2.75) is 13.3 Å². The van der Waals surface area contributed by atoms with E-state index in [9.17, 15) is 0 Å². The van der Waals surface area contributed by atoms with Crippen molar-refractivity contribution in [3.8, 4) is 0 Å². The Bertz CT molecular complexity index is 260. The van der Waals surface area contributed by atoms with Gasteiger partial charge in [0.15, 0.2) is 0 Å². The molecule has 0 saturated carbocycles. The highest BCUT2D eigenvalue weighted by molar-refractivity contribution is 9.10. The maximum absolute atomic E-state index is 5.41. The number of halogens is 1. The van der Waals surface area contributed by atoms with Gasteiger partial charge in [0.25, 0.3) is 0 Å². The van der Waals surface area contributed by atoms with Gasteiger partial charge in [0.1, 0.15) is 0 Å². The average molecular weight is 250 g/mol. The molecule has 1 aromatic heterocycles. The van der Waals surface area contributed by atoms with Gasteiger partial charge < -0.3 is 5.73 Å². The van der Waals surface area contributed by atoms with Crippen LogP contribution in [0.5, 0.6) is 0 Å². The molecule has 60 valence electrons. The second kappa shape index (κ2) is 3.65. The number of hydrogen-bond donors (Lipinski definition) is 1. The van der Waals surface area contributed by atoms with E-state index in [2.05, 4.69) is 28.9 Å². The van der Waals surface area contributed by atoms with E-state index < -0.39 is 0 Å². The molecule has 0 amide bonds. The summed E-state index contributed by atoms with van der Waals surface area (Å²) >= 11 is 9.96. The minimum atomic E-state index is 0.554. The standard InChI is InChI=1S/C7H8BrNS2/c1-4-6(8)2-5(11-4)3-7(9)10/h2H,3H2,1H3,(H2,9,10). The molecule has 1 aromatic rings. The molecule has 1 nitrogen and oxygen atoms in total. The van der Waals surface area contributed by atoms with Crippen molar-refractivity contribution >= 4 is 44.5 Å². The van der Waals surface area contributed by atoms with Gasteiger partial charge in [-0.2, -0.15) is 0 Å². The Hall–Kier alpha value is 0.0700. The maximum atomic E-state index is 5.41. The second-order valence-corrected chi connectivity index (χ2v) is 4.98. The SMILES string of the molecule is Cc1sc(CC(N)=S)cc1Br. The number of nitrogens with two attached hydrogens (primary N) is 1. The molecule has 4 heteroatoms. The first kappa shape index (κ1) is 9.16. The lowest BCUT2D eigenvalue weighted by Crippen LogP contribution is -2.09. The largest absolute Gasteiger partial charge is 0.393 e. The van der Waals surface area contributed by atoms with Crippen molar-refractivity contribution in [1.82, 2.24) is 0 Å². The minimum absolute atomic E-state index is 0.554. The molecule has 0 fully saturated rings. The lowest BCUT2D eigenvalue weighted by atomic mass is 10.3. The number of thiophene rings is 1. The highest BCUT2D eigenvalue weighted by Crippen LogP contribution is 2.26. The van der Waals surface area contributed by atoms with Gasteiger partial charge in [-0.15, -0.1) is 11.3 Å². The molecule has 0 spiro atoms. The summed E-state index contributed by atoms with van der Waals surface area (Å²) in [7, 11) is 0. The van der Waals surface area contributed by atoms with Gasteiger partial charge >= 0.3 is 0 Å². The third-order valence-corrected chi connectivity index (χ3v) is 3.54. The molecule has 0 aliphatic heterocycles. The normalized spacial score (nSPS) is 10.0. The summed E-state index contributed by atoms with van der Waals surface area (Å²) in [5.41, 5.74) is 5.41. The van der Waals surface area contributed by atoms with E-state index in [1.165, 1.54) is 9.75 Å². The smallest absolute Gasteiger partial charge is 0.0780 e. The topological polar surface area (TPSA) is 26.0 Å². The fourth-order valence-corrected chi connectivity index (χ4v) is 2.65. The van der Waals surface area contributed by atoms with Crippen LogP contribution in [0, 0.1) is 6.92 Å². The van der Waals surface area contributed by atoms with Crippen molar-refractivity contribution < 1.29 is 0 Å². The first-order chi connectivity index (χ1) is 5.09. The fourth-order valence-electron chi connectivity index (χ4n) is 0.777. The van der Waals surface area contributed by atoms with Crippen LogP contribution in [0.1, 0.15) is 9.75 Å². The molecule has 0 radical (unpaired) electrons. The molecule has 0 unspecified atom stereocenters. The molecule has 0 aliphatic carbocycles. The Morgan fingerprint density at radius 2 is 2.45 bits per heavy atom. The Morgan fingerprint density at radius 1 is 1.82 bits per heavy atom. The van der Waals surface area contributed by atoms with Crippen molar-refractivity contribution in [3.63, 3.8) is 0 Å². The van der Waals surface area contributed by atoms with E-state index in [0.29, 0.717) is 11.4 Å². The molecule has 0 bridgehead atoms. The summed E-state index contributed by atoms with van der Waals surface area (Å²) in [5.74, 6) is 0. The predicted octanol–water partition coefficient (Wildman–Crippen LogP) is 2.65. The zero-order chi connectivity index (χ0) is 8.43. The first-order valence-corrected chi connectivity index (χ1v) is 5.14. The van der Waals surface area contributed by atoms with Crippen LogP contribution in [0.3, 0.4) is 0 Å². The van der Waals surface area contributed by atoms with Gasteiger partial charge in [0.2, 0.25) is 0 Å². The van der Waals surface area contributed by atoms with Gasteiger partial charge in [0.05, 0.1) is 4.99 Å². The molecule has 11 heavy (non-hydrogen) atoms. The van der Waals surface area contributed by atoms with E-state index in [1.54, 1.807) is 11.3 Å². The number of thiocarbonyl (C=S) groups is 1. The van der Waals surface area contributed by atoms with Crippen molar-refractivity contribution in [1.29, 1.82) is 0 Å². The molecule has 1 heterocycles. The molecule has 0 aromatic carbocycles. The van der Waals surface area contributed by atoms with E-state index in [4.69, 9.17) is 18.0 Å². The third-order valence-electron chi connectivity index (χ3n) is 1.26. The van der Waals surface area contributed by atoms with Crippen LogP contribution in [0.2, 0.25) is 0 Å². The van der Waals surface area contributed by atoms with Gasteiger partial charge in [0, 0.05) is 20.6 Å². The van der Waals surface area contributed by atoms with Gasteiger partial charge in [-0.25, -0.2) is 0 Å². The molecule has 0 atom stereocenters. The summed E-state index contributed by atoms with van der Waals surface area (Å²) < 4.78 is 1.15. The molecule has 0 aliphatic rings. The Labute approximate surface area is 83.7 Å². The van der Waals surface area contributed by atoms with E-state index >= 15 is 0 Å². The predicted molar refractivity (Wildman–Crippen MR) is 57.2 cm³/mol. The molecular formula is C7H8BrNS2. The van der Waals surface area contributed by atoms with Crippen LogP contribution in [0.15, 0.2) is 10.5 Å². The Morgan fingerprint density at radius 3 is 2.82 bits per heavy atom. The molecule has 2 N–H and O–H groups in total. The van der Waals surface area contributed by atoms with Crippen LogP contribution in [0.25, 0.3) is 0 Å². The first-order valence-electron chi connectivity index (χ1n) is 3.12. The highest BCUT2D eigenvalue weighted by atomic mass is 79.9. The Balaban J connectivity index is 2.81. The summed E-state index contributed by atoms with van der Waals surface area (Å²) in [4.78, 5) is 3.05. The molecular weight excluding hydrogens is 242 g/mol. The van der Waals surface area contributed by atoms with Crippen LogP contribution >= 0.6 is 39.5 Å². The maximum Gasteiger partial charge on any atom is 0.0780 e. The Kier molecular flexibility index (Phi) is 3.04. The zero-order valence-corrected chi connectivity index (χ0v) is 9.28. The van der Waals surface area contributed by atoms with Crippen molar-refractivity contribution in [2.75, 3.05) is 0 Å². The fraction of sp³-hybridized carbons (Fsp3) is 0.286. The lowest BCUT2D eigenvalue weighted by molar-refractivity contribution is 1.41. The van der Waals surface area contributed by atoms with Crippen LogP contribution in [-0.2, 0) is 6.42 Å². The number of aryl methyl sites for hydroxylation is 1. The quantitative estimate of drug-likeness (QED) is 0.816. The van der Waals surface area contributed by atoms with Crippen molar-refractivity contribution in [2.24, 2.45) is 5.73 Å².